The van der Waals surface area contributed by atoms with Gasteiger partial charge in [-0.15, -0.1) is 0 Å². The molecule has 0 spiro atoms. The summed E-state index contributed by atoms with van der Waals surface area (Å²) in [7, 11) is 1.38. The number of hydrogen-bond donors (Lipinski definition) is 1. The average molecular weight is 485 g/mol. The molecule has 0 aliphatic carbocycles. The third kappa shape index (κ3) is 3.72. The lowest BCUT2D eigenvalue weighted by Gasteiger charge is -2.12. The van der Waals surface area contributed by atoms with Crippen molar-refractivity contribution < 1.29 is 22.4 Å². The number of pyridine rings is 1. The Morgan fingerprint density at radius 3 is 2.41 bits per heavy atom. The molecule has 0 saturated heterocycles. The van der Waals surface area contributed by atoms with Crippen molar-refractivity contribution in [1.29, 1.82) is 5.26 Å². The molecule has 0 aliphatic heterocycles. The first-order valence-electron chi connectivity index (χ1n) is 9.81. The maximum Gasteiger partial charge on any atom is 0.417 e. The first-order chi connectivity index (χ1) is 16.1. The second kappa shape index (κ2) is 8.39. The van der Waals surface area contributed by atoms with Crippen molar-refractivity contribution in [2.24, 2.45) is 0 Å². The molecular formula is C23H15F4N5OS. The summed E-state index contributed by atoms with van der Waals surface area (Å²) in [6.07, 6.45) is -3.28. The molecule has 0 atom stereocenters. The number of imidazole rings is 1. The van der Waals surface area contributed by atoms with E-state index in [-0.39, 0.29) is 27.4 Å². The SMILES string of the molecule is CNC(=O)c1ccc(-n2c(=S)n(-c3ccc(C#N)c(C(F)(F)F)c3)c3nccc(C)c32)cc1F. The van der Waals surface area contributed by atoms with Crippen molar-refractivity contribution in [3.05, 3.63) is 81.5 Å². The molecule has 2 aromatic heterocycles. The fraction of sp³-hybridized carbons (Fsp3) is 0.130. The van der Waals surface area contributed by atoms with Crippen LogP contribution < -0.4 is 5.32 Å². The molecule has 172 valence electrons. The molecule has 1 N–H and O–H groups in total. The summed E-state index contributed by atoms with van der Waals surface area (Å²) in [5, 5.41) is 11.5. The van der Waals surface area contributed by atoms with Crippen LogP contribution in [0.4, 0.5) is 17.6 Å². The number of nitrogens with one attached hydrogen (secondary N) is 1. The second-order valence-electron chi connectivity index (χ2n) is 7.34. The number of aryl methyl sites for hydroxylation is 1. The Morgan fingerprint density at radius 2 is 1.79 bits per heavy atom. The molecule has 1 amide bonds. The van der Waals surface area contributed by atoms with E-state index in [4.69, 9.17) is 17.5 Å². The molecule has 34 heavy (non-hydrogen) atoms. The summed E-state index contributed by atoms with van der Waals surface area (Å²) in [5.74, 6) is -1.40. The van der Waals surface area contributed by atoms with E-state index in [2.05, 4.69) is 10.3 Å². The summed E-state index contributed by atoms with van der Waals surface area (Å²) in [5.41, 5.74) is -0.100. The zero-order chi connectivity index (χ0) is 24.8. The molecule has 6 nitrogen and oxygen atoms in total. The summed E-state index contributed by atoms with van der Waals surface area (Å²) in [6, 6.07) is 10.4. The van der Waals surface area contributed by atoms with E-state index in [0.717, 1.165) is 18.2 Å². The van der Waals surface area contributed by atoms with Gasteiger partial charge in [0, 0.05) is 13.2 Å². The first-order valence-corrected chi connectivity index (χ1v) is 10.2. The Labute approximate surface area is 195 Å². The molecule has 4 aromatic rings. The van der Waals surface area contributed by atoms with Crippen LogP contribution in [-0.4, -0.2) is 27.1 Å². The van der Waals surface area contributed by atoms with Gasteiger partial charge in [0.25, 0.3) is 5.91 Å². The highest BCUT2D eigenvalue weighted by Gasteiger charge is 2.34. The molecule has 0 unspecified atom stereocenters. The van der Waals surface area contributed by atoms with Crippen molar-refractivity contribution in [2.45, 2.75) is 13.1 Å². The number of nitriles is 1. The van der Waals surface area contributed by atoms with Gasteiger partial charge in [0.15, 0.2) is 10.4 Å². The summed E-state index contributed by atoms with van der Waals surface area (Å²) < 4.78 is 58.3. The topological polar surface area (TPSA) is 75.6 Å². The summed E-state index contributed by atoms with van der Waals surface area (Å²) in [4.78, 5) is 16.2. The highest BCUT2D eigenvalue weighted by molar-refractivity contribution is 7.71. The highest BCUT2D eigenvalue weighted by Crippen LogP contribution is 2.35. The van der Waals surface area contributed by atoms with Gasteiger partial charge in [0.05, 0.1) is 39.7 Å². The molecule has 0 bridgehead atoms. The lowest BCUT2D eigenvalue weighted by atomic mass is 10.1. The predicted molar refractivity (Wildman–Crippen MR) is 119 cm³/mol. The minimum atomic E-state index is -4.76. The third-order valence-electron chi connectivity index (χ3n) is 5.29. The number of carbonyl (C=O) groups is 1. The Kier molecular flexibility index (Phi) is 5.70. The fourth-order valence-electron chi connectivity index (χ4n) is 3.70. The van der Waals surface area contributed by atoms with Crippen LogP contribution in [0.15, 0.2) is 48.7 Å². The van der Waals surface area contributed by atoms with Gasteiger partial charge in [-0.2, -0.15) is 18.4 Å². The lowest BCUT2D eigenvalue weighted by molar-refractivity contribution is -0.137. The van der Waals surface area contributed by atoms with Crippen LogP contribution in [0.1, 0.15) is 27.0 Å². The van der Waals surface area contributed by atoms with Crippen LogP contribution in [0.3, 0.4) is 0 Å². The Hall–Kier alpha value is -4.04. The van der Waals surface area contributed by atoms with E-state index < -0.39 is 29.0 Å². The van der Waals surface area contributed by atoms with Gasteiger partial charge in [-0.25, -0.2) is 9.37 Å². The van der Waals surface area contributed by atoms with Gasteiger partial charge in [-0.05, 0) is 67.2 Å². The van der Waals surface area contributed by atoms with Gasteiger partial charge in [0.2, 0.25) is 0 Å². The van der Waals surface area contributed by atoms with Crippen LogP contribution in [0, 0.1) is 28.8 Å². The van der Waals surface area contributed by atoms with Crippen LogP contribution in [0.2, 0.25) is 0 Å². The van der Waals surface area contributed by atoms with Crippen molar-refractivity contribution in [3.8, 4) is 17.4 Å². The zero-order valence-electron chi connectivity index (χ0n) is 17.7. The van der Waals surface area contributed by atoms with Crippen molar-refractivity contribution in [2.75, 3.05) is 7.05 Å². The van der Waals surface area contributed by atoms with Gasteiger partial charge >= 0.3 is 6.18 Å². The van der Waals surface area contributed by atoms with Gasteiger partial charge in [-0.3, -0.25) is 13.9 Å². The van der Waals surface area contributed by atoms with Gasteiger partial charge in [0.1, 0.15) is 5.82 Å². The monoisotopic (exact) mass is 485 g/mol. The standard InChI is InChI=1S/C23H15F4N5OS/c1-12-7-8-30-20-19(12)31(15-5-6-16(18(24)10-15)21(33)29-2)22(34)32(20)14-4-3-13(11-28)17(9-14)23(25,26)27/h3-10H,1-2H3,(H,29,33). The third-order valence-corrected chi connectivity index (χ3v) is 5.66. The maximum atomic E-state index is 14.7. The van der Waals surface area contributed by atoms with E-state index in [0.29, 0.717) is 11.1 Å². The van der Waals surface area contributed by atoms with E-state index >= 15 is 0 Å². The Bertz CT molecular complexity index is 1560. The van der Waals surface area contributed by atoms with Crippen LogP contribution in [0.25, 0.3) is 22.5 Å². The highest BCUT2D eigenvalue weighted by atomic mass is 32.1. The van der Waals surface area contributed by atoms with Crippen molar-refractivity contribution >= 4 is 29.3 Å². The first kappa shape index (κ1) is 23.1. The number of fused-ring (bicyclic) bond motifs is 1. The second-order valence-corrected chi connectivity index (χ2v) is 7.70. The number of aromatic nitrogens is 3. The minimum absolute atomic E-state index is 0.0294. The largest absolute Gasteiger partial charge is 0.417 e. The number of rotatable bonds is 3. The van der Waals surface area contributed by atoms with Gasteiger partial charge < -0.3 is 5.32 Å². The van der Waals surface area contributed by atoms with E-state index in [1.165, 1.54) is 40.6 Å². The van der Waals surface area contributed by atoms with Crippen LogP contribution in [0.5, 0.6) is 0 Å². The number of benzene rings is 2. The molecule has 0 radical (unpaired) electrons. The number of carbonyl (C=O) groups excluding carboxylic acids is 1. The van der Waals surface area contributed by atoms with Crippen LogP contribution >= 0.6 is 12.2 Å². The average Bonchev–Trinajstić information content (AvgIpc) is 3.10. The zero-order valence-corrected chi connectivity index (χ0v) is 18.6. The lowest BCUT2D eigenvalue weighted by Crippen LogP contribution is -2.19. The molecule has 11 heteroatoms. The molecular weight excluding hydrogens is 470 g/mol. The molecule has 4 rings (SSSR count). The van der Waals surface area contributed by atoms with Crippen LogP contribution in [-0.2, 0) is 6.18 Å². The van der Waals surface area contributed by atoms with Gasteiger partial charge in [-0.1, -0.05) is 0 Å². The normalized spacial score (nSPS) is 11.4. The fourth-order valence-corrected chi connectivity index (χ4v) is 4.09. The molecule has 0 aliphatic rings. The number of hydrogen-bond acceptors (Lipinski definition) is 4. The van der Waals surface area contributed by atoms with Crippen molar-refractivity contribution in [1.82, 2.24) is 19.4 Å². The minimum Gasteiger partial charge on any atom is -0.355 e. The molecule has 0 saturated carbocycles. The summed E-state index contributed by atoms with van der Waals surface area (Å²) in [6.45, 7) is 1.76. The number of alkyl halides is 3. The number of halogens is 4. The molecule has 0 fully saturated rings. The predicted octanol–water partition coefficient (Wildman–Crippen LogP) is 5.24. The number of amides is 1. The summed E-state index contributed by atoms with van der Waals surface area (Å²) >= 11 is 5.60. The Balaban J connectivity index is 2.04. The quantitative estimate of drug-likeness (QED) is 0.318. The molecule has 2 heterocycles. The maximum absolute atomic E-state index is 14.7. The van der Waals surface area contributed by atoms with E-state index in [9.17, 15) is 22.4 Å². The van der Waals surface area contributed by atoms with E-state index in [1.54, 1.807) is 19.1 Å². The van der Waals surface area contributed by atoms with E-state index in [1.807, 2.05) is 0 Å². The smallest absolute Gasteiger partial charge is 0.355 e. The van der Waals surface area contributed by atoms with Crippen molar-refractivity contribution in [3.63, 3.8) is 0 Å². The molecule has 2 aromatic carbocycles. The Morgan fingerprint density at radius 1 is 1.12 bits per heavy atom. The number of nitrogens with zero attached hydrogens (tertiary/aromatic N) is 4.